The summed E-state index contributed by atoms with van der Waals surface area (Å²) < 4.78 is 5.21. The average molecular weight is 168 g/mol. The van der Waals surface area contributed by atoms with Gasteiger partial charge < -0.3 is 10.2 Å². The van der Waals surface area contributed by atoms with Crippen molar-refractivity contribution in [2.24, 2.45) is 11.7 Å². The van der Waals surface area contributed by atoms with E-state index in [1.165, 1.54) is 6.39 Å². The Bertz CT molecular complexity index is 244. The predicted octanol–water partition coefficient (Wildman–Crippen LogP) is 2.03. The van der Waals surface area contributed by atoms with Gasteiger partial charge in [0.25, 0.3) is 0 Å². The third-order valence-electron chi connectivity index (χ3n) is 2.34. The van der Waals surface area contributed by atoms with Crippen molar-refractivity contribution in [2.45, 2.75) is 33.2 Å². The average Bonchev–Trinajstić information content (AvgIpc) is 2.48. The quantitative estimate of drug-likeness (QED) is 0.751. The Morgan fingerprint density at radius 3 is 2.75 bits per heavy atom. The summed E-state index contributed by atoms with van der Waals surface area (Å²) in [6.45, 7) is 6.16. The minimum Gasteiger partial charge on any atom is -0.447 e. The molecule has 2 N–H and O–H groups in total. The van der Waals surface area contributed by atoms with Gasteiger partial charge in [-0.15, -0.1) is 0 Å². The fraction of sp³-hybridized carbons (Fsp3) is 0.667. The number of aromatic nitrogens is 1. The molecule has 68 valence electrons. The van der Waals surface area contributed by atoms with E-state index in [9.17, 15) is 0 Å². The molecule has 0 aliphatic heterocycles. The van der Waals surface area contributed by atoms with Crippen LogP contribution in [-0.2, 0) is 0 Å². The summed E-state index contributed by atoms with van der Waals surface area (Å²) in [7, 11) is 0. The molecule has 0 saturated carbocycles. The molecule has 3 nitrogen and oxygen atoms in total. The van der Waals surface area contributed by atoms with E-state index in [-0.39, 0.29) is 6.04 Å². The van der Waals surface area contributed by atoms with E-state index in [0.717, 1.165) is 17.9 Å². The molecule has 1 heterocycles. The predicted molar refractivity (Wildman–Crippen MR) is 47.6 cm³/mol. The first-order chi connectivity index (χ1) is 5.66. The molecule has 0 aliphatic rings. The second kappa shape index (κ2) is 3.72. The van der Waals surface area contributed by atoms with Gasteiger partial charge in [0.2, 0.25) is 0 Å². The molecule has 3 heteroatoms. The van der Waals surface area contributed by atoms with Crippen molar-refractivity contribution in [2.75, 3.05) is 0 Å². The standard InChI is InChI=1S/C9H16N2O/c1-4-6(2)8(10)9-7(3)11-5-12-9/h5-6,8H,4,10H2,1-3H3. The number of rotatable bonds is 3. The first-order valence-electron chi connectivity index (χ1n) is 4.32. The summed E-state index contributed by atoms with van der Waals surface area (Å²) in [4.78, 5) is 4.01. The second-order valence-electron chi connectivity index (χ2n) is 3.21. The summed E-state index contributed by atoms with van der Waals surface area (Å²) in [5.74, 6) is 1.26. The van der Waals surface area contributed by atoms with Gasteiger partial charge >= 0.3 is 0 Å². The van der Waals surface area contributed by atoms with Crippen LogP contribution in [0.5, 0.6) is 0 Å². The maximum atomic E-state index is 5.96. The summed E-state index contributed by atoms with van der Waals surface area (Å²) in [5.41, 5.74) is 6.87. The number of hydrogen-bond acceptors (Lipinski definition) is 3. The molecule has 1 rings (SSSR count). The molecule has 0 saturated heterocycles. The Morgan fingerprint density at radius 1 is 1.67 bits per heavy atom. The Hall–Kier alpha value is -0.830. The van der Waals surface area contributed by atoms with E-state index < -0.39 is 0 Å². The van der Waals surface area contributed by atoms with Gasteiger partial charge in [-0.05, 0) is 12.8 Å². The lowest BCUT2D eigenvalue weighted by Gasteiger charge is -2.15. The van der Waals surface area contributed by atoms with Gasteiger partial charge in [0, 0.05) is 0 Å². The van der Waals surface area contributed by atoms with Crippen LogP contribution in [-0.4, -0.2) is 4.98 Å². The third-order valence-corrected chi connectivity index (χ3v) is 2.34. The summed E-state index contributed by atoms with van der Waals surface area (Å²) in [6, 6.07) is -0.0162. The highest BCUT2D eigenvalue weighted by molar-refractivity contribution is 5.09. The highest BCUT2D eigenvalue weighted by Gasteiger charge is 2.18. The van der Waals surface area contributed by atoms with Crippen LogP contribution in [0, 0.1) is 12.8 Å². The number of aryl methyl sites for hydroxylation is 1. The zero-order valence-corrected chi connectivity index (χ0v) is 7.87. The highest BCUT2D eigenvalue weighted by atomic mass is 16.3. The molecule has 0 fully saturated rings. The molecule has 0 bridgehead atoms. The zero-order chi connectivity index (χ0) is 9.14. The smallest absolute Gasteiger partial charge is 0.181 e. The van der Waals surface area contributed by atoms with E-state index in [0.29, 0.717) is 5.92 Å². The van der Waals surface area contributed by atoms with Gasteiger partial charge in [-0.2, -0.15) is 0 Å². The number of nitrogens with zero attached hydrogens (tertiary/aromatic N) is 1. The summed E-state index contributed by atoms with van der Waals surface area (Å²) in [5, 5.41) is 0. The van der Waals surface area contributed by atoms with Crippen molar-refractivity contribution in [3.05, 3.63) is 17.8 Å². The van der Waals surface area contributed by atoms with Crippen molar-refractivity contribution in [1.29, 1.82) is 0 Å². The third kappa shape index (κ3) is 1.67. The molecule has 0 amide bonds. The number of nitrogens with two attached hydrogens (primary N) is 1. The maximum absolute atomic E-state index is 5.96. The first kappa shape index (κ1) is 9.26. The van der Waals surface area contributed by atoms with E-state index in [4.69, 9.17) is 10.2 Å². The topological polar surface area (TPSA) is 52.0 Å². The van der Waals surface area contributed by atoms with Gasteiger partial charge in [0.05, 0.1) is 11.7 Å². The second-order valence-corrected chi connectivity index (χ2v) is 3.21. The van der Waals surface area contributed by atoms with Crippen molar-refractivity contribution >= 4 is 0 Å². The first-order valence-corrected chi connectivity index (χ1v) is 4.32. The van der Waals surface area contributed by atoms with Crippen molar-refractivity contribution < 1.29 is 4.42 Å². The molecule has 1 aromatic rings. The molecule has 0 radical (unpaired) electrons. The molecule has 0 aliphatic carbocycles. The number of hydrogen-bond donors (Lipinski definition) is 1. The monoisotopic (exact) mass is 168 g/mol. The fourth-order valence-corrected chi connectivity index (χ4v) is 1.14. The molecule has 0 aromatic carbocycles. The van der Waals surface area contributed by atoms with E-state index in [2.05, 4.69) is 18.8 Å². The Kier molecular flexibility index (Phi) is 2.87. The fourth-order valence-electron chi connectivity index (χ4n) is 1.14. The van der Waals surface area contributed by atoms with Crippen LogP contribution in [0.15, 0.2) is 10.8 Å². The SMILES string of the molecule is CCC(C)C(N)c1ocnc1C. The molecule has 12 heavy (non-hydrogen) atoms. The Morgan fingerprint density at radius 2 is 2.33 bits per heavy atom. The van der Waals surface area contributed by atoms with Crippen LogP contribution in [0.4, 0.5) is 0 Å². The van der Waals surface area contributed by atoms with E-state index in [1.807, 2.05) is 6.92 Å². The Balaban J connectivity index is 2.77. The van der Waals surface area contributed by atoms with Gasteiger partial charge in [-0.3, -0.25) is 0 Å². The van der Waals surface area contributed by atoms with Crippen molar-refractivity contribution in [3.63, 3.8) is 0 Å². The normalized spacial score (nSPS) is 16.0. The van der Waals surface area contributed by atoms with Crippen LogP contribution >= 0.6 is 0 Å². The van der Waals surface area contributed by atoms with Crippen molar-refractivity contribution in [3.8, 4) is 0 Å². The minimum absolute atomic E-state index is 0.0162. The highest BCUT2D eigenvalue weighted by Crippen LogP contribution is 2.23. The van der Waals surface area contributed by atoms with Crippen molar-refractivity contribution in [1.82, 2.24) is 4.98 Å². The largest absolute Gasteiger partial charge is 0.447 e. The lowest BCUT2D eigenvalue weighted by atomic mass is 9.97. The summed E-state index contributed by atoms with van der Waals surface area (Å²) in [6.07, 6.45) is 2.51. The van der Waals surface area contributed by atoms with Crippen LogP contribution in [0.25, 0.3) is 0 Å². The van der Waals surface area contributed by atoms with Crippen LogP contribution in [0.1, 0.15) is 37.8 Å². The van der Waals surface area contributed by atoms with Gasteiger partial charge in [0.15, 0.2) is 6.39 Å². The molecule has 0 spiro atoms. The van der Waals surface area contributed by atoms with Gasteiger partial charge in [0.1, 0.15) is 5.76 Å². The lowest BCUT2D eigenvalue weighted by molar-refractivity contribution is 0.374. The van der Waals surface area contributed by atoms with Crippen LogP contribution < -0.4 is 5.73 Å². The zero-order valence-electron chi connectivity index (χ0n) is 7.87. The van der Waals surface area contributed by atoms with Crippen LogP contribution in [0.2, 0.25) is 0 Å². The minimum atomic E-state index is -0.0162. The lowest BCUT2D eigenvalue weighted by Crippen LogP contribution is -2.18. The summed E-state index contributed by atoms with van der Waals surface area (Å²) >= 11 is 0. The molecular formula is C9H16N2O. The van der Waals surface area contributed by atoms with E-state index in [1.54, 1.807) is 0 Å². The van der Waals surface area contributed by atoms with Gasteiger partial charge in [-0.25, -0.2) is 4.98 Å². The van der Waals surface area contributed by atoms with Gasteiger partial charge in [-0.1, -0.05) is 20.3 Å². The van der Waals surface area contributed by atoms with E-state index >= 15 is 0 Å². The molecule has 1 aromatic heterocycles. The molecule has 2 unspecified atom stereocenters. The molecule has 2 atom stereocenters. The maximum Gasteiger partial charge on any atom is 0.181 e. The van der Waals surface area contributed by atoms with Crippen LogP contribution in [0.3, 0.4) is 0 Å². The Labute approximate surface area is 73.0 Å². The molecular weight excluding hydrogens is 152 g/mol. The number of oxazole rings is 1.